The molecular formula is C27H28N4O4S. The van der Waals surface area contributed by atoms with Crippen molar-refractivity contribution in [3.63, 3.8) is 0 Å². The second-order valence-electron chi connectivity index (χ2n) is 8.52. The number of aryl methyl sites for hydroxylation is 1. The van der Waals surface area contributed by atoms with Crippen LogP contribution in [0.15, 0.2) is 52.1 Å². The number of nitriles is 2. The number of nitrogens with two attached hydrogens (primary N) is 1. The quantitative estimate of drug-likeness (QED) is 0.421. The molecule has 0 fully saturated rings. The van der Waals surface area contributed by atoms with Gasteiger partial charge in [0.2, 0.25) is 5.88 Å². The number of pyridine rings is 1. The van der Waals surface area contributed by atoms with Crippen LogP contribution in [-0.2, 0) is 14.3 Å². The lowest BCUT2D eigenvalue weighted by Gasteiger charge is -2.28. The molecular weight excluding hydrogens is 476 g/mol. The van der Waals surface area contributed by atoms with Gasteiger partial charge in [-0.1, -0.05) is 23.9 Å². The lowest BCUT2D eigenvalue weighted by molar-refractivity contribution is -0.143. The predicted octanol–water partition coefficient (Wildman–Crippen LogP) is 4.69. The van der Waals surface area contributed by atoms with Crippen molar-refractivity contribution < 1.29 is 19.0 Å². The molecule has 0 amide bonds. The van der Waals surface area contributed by atoms with Crippen molar-refractivity contribution >= 4 is 17.7 Å². The molecule has 9 heteroatoms. The Morgan fingerprint density at radius 3 is 2.39 bits per heavy atom. The van der Waals surface area contributed by atoms with E-state index in [1.165, 1.54) is 11.8 Å². The third-order valence-corrected chi connectivity index (χ3v) is 6.90. The summed E-state index contributed by atoms with van der Waals surface area (Å²) in [7, 11) is 1.56. The van der Waals surface area contributed by atoms with Crippen LogP contribution in [-0.4, -0.2) is 29.9 Å². The highest BCUT2D eigenvalue weighted by Crippen LogP contribution is 2.42. The van der Waals surface area contributed by atoms with Crippen LogP contribution in [0, 0.1) is 43.4 Å². The lowest BCUT2D eigenvalue weighted by Crippen LogP contribution is -2.28. The van der Waals surface area contributed by atoms with Gasteiger partial charge >= 0.3 is 5.97 Å². The Labute approximate surface area is 215 Å². The van der Waals surface area contributed by atoms with E-state index >= 15 is 0 Å². The molecule has 0 saturated carbocycles. The lowest BCUT2D eigenvalue weighted by atomic mass is 9.83. The first-order valence-electron chi connectivity index (χ1n) is 11.3. The zero-order valence-electron chi connectivity index (χ0n) is 21.1. The molecule has 3 rings (SSSR count). The minimum Gasteiger partial charge on any atom is -0.497 e. The van der Waals surface area contributed by atoms with E-state index < -0.39 is 18.0 Å². The summed E-state index contributed by atoms with van der Waals surface area (Å²) in [5, 5.41) is 20.2. The van der Waals surface area contributed by atoms with Crippen molar-refractivity contribution in [2.24, 2.45) is 5.73 Å². The molecule has 1 aromatic heterocycles. The third kappa shape index (κ3) is 5.32. The predicted molar refractivity (Wildman–Crippen MR) is 136 cm³/mol. The summed E-state index contributed by atoms with van der Waals surface area (Å²) in [5.74, 6) is -0.442. The fourth-order valence-electron chi connectivity index (χ4n) is 3.84. The smallest absolute Gasteiger partial charge is 0.338 e. The Hall–Kier alpha value is -3.95. The van der Waals surface area contributed by atoms with Crippen LogP contribution in [0.4, 0.5) is 0 Å². The Bertz CT molecular complexity index is 1330. The molecule has 1 aliphatic rings. The SMILES string of the molecule is COc1ccc(C2C(C#N)=C(N)OC(CSc3nc(C)c(C)c(C)c3C#N)=C2C(=O)OC(C)C)cc1. The van der Waals surface area contributed by atoms with Gasteiger partial charge in [0.1, 0.15) is 34.2 Å². The summed E-state index contributed by atoms with van der Waals surface area (Å²) in [4.78, 5) is 17.9. The molecule has 1 unspecified atom stereocenters. The largest absolute Gasteiger partial charge is 0.497 e. The van der Waals surface area contributed by atoms with Gasteiger partial charge in [0.05, 0.1) is 36.0 Å². The molecule has 0 bridgehead atoms. The van der Waals surface area contributed by atoms with E-state index in [1.807, 2.05) is 20.8 Å². The Morgan fingerprint density at radius 1 is 1.17 bits per heavy atom. The number of allylic oxidation sites excluding steroid dienone is 1. The van der Waals surface area contributed by atoms with Gasteiger partial charge in [-0.3, -0.25) is 0 Å². The number of hydrogen-bond acceptors (Lipinski definition) is 9. The van der Waals surface area contributed by atoms with Crippen LogP contribution in [0.1, 0.15) is 47.7 Å². The molecule has 1 atom stereocenters. The molecule has 0 saturated heterocycles. The van der Waals surface area contributed by atoms with Crippen LogP contribution in [0.2, 0.25) is 0 Å². The summed E-state index contributed by atoms with van der Waals surface area (Å²) in [6, 6.07) is 11.4. The number of carbonyl (C=O) groups excluding carboxylic acids is 1. The average Bonchev–Trinajstić information content (AvgIpc) is 2.85. The highest BCUT2D eigenvalue weighted by molar-refractivity contribution is 7.99. The molecule has 2 N–H and O–H groups in total. The first kappa shape index (κ1) is 26.7. The molecule has 0 spiro atoms. The molecule has 36 heavy (non-hydrogen) atoms. The molecule has 0 radical (unpaired) electrons. The molecule has 2 heterocycles. The van der Waals surface area contributed by atoms with Crippen molar-refractivity contribution in [2.45, 2.75) is 51.7 Å². The van der Waals surface area contributed by atoms with Crippen molar-refractivity contribution in [2.75, 3.05) is 12.9 Å². The number of rotatable bonds is 7. The number of ether oxygens (including phenoxy) is 3. The first-order chi connectivity index (χ1) is 17.1. The monoisotopic (exact) mass is 504 g/mol. The van der Waals surface area contributed by atoms with E-state index in [-0.39, 0.29) is 28.5 Å². The number of methoxy groups -OCH3 is 1. The summed E-state index contributed by atoms with van der Waals surface area (Å²) in [5.41, 5.74) is 10.2. The van der Waals surface area contributed by atoms with Crippen molar-refractivity contribution in [1.82, 2.24) is 4.98 Å². The van der Waals surface area contributed by atoms with Crippen LogP contribution >= 0.6 is 11.8 Å². The normalized spacial score (nSPS) is 15.3. The maximum atomic E-state index is 13.3. The molecule has 0 aliphatic carbocycles. The van der Waals surface area contributed by atoms with Crippen molar-refractivity contribution in [1.29, 1.82) is 10.5 Å². The summed E-state index contributed by atoms with van der Waals surface area (Å²) >= 11 is 1.26. The van der Waals surface area contributed by atoms with E-state index in [9.17, 15) is 15.3 Å². The van der Waals surface area contributed by atoms with Gasteiger partial charge in [0.25, 0.3) is 0 Å². The second kappa shape index (κ2) is 11.2. The minimum atomic E-state index is -0.790. The van der Waals surface area contributed by atoms with Gasteiger partial charge in [-0.15, -0.1) is 0 Å². The topological polar surface area (TPSA) is 131 Å². The molecule has 2 aromatic rings. The highest BCUT2D eigenvalue weighted by Gasteiger charge is 2.38. The van der Waals surface area contributed by atoms with Gasteiger partial charge in [-0.25, -0.2) is 9.78 Å². The fraction of sp³-hybridized carbons (Fsp3) is 0.333. The summed E-state index contributed by atoms with van der Waals surface area (Å²) < 4.78 is 16.6. The molecule has 186 valence electrons. The summed E-state index contributed by atoms with van der Waals surface area (Å²) in [6.07, 6.45) is -0.390. The van der Waals surface area contributed by atoms with Gasteiger partial charge in [0, 0.05) is 5.69 Å². The highest BCUT2D eigenvalue weighted by atomic mass is 32.2. The minimum absolute atomic E-state index is 0.0836. The maximum Gasteiger partial charge on any atom is 0.338 e. The fourth-order valence-corrected chi connectivity index (χ4v) is 4.86. The van der Waals surface area contributed by atoms with E-state index in [1.54, 1.807) is 45.2 Å². The Morgan fingerprint density at radius 2 is 1.83 bits per heavy atom. The van der Waals surface area contributed by atoms with Crippen LogP contribution < -0.4 is 10.5 Å². The number of aromatic nitrogens is 1. The zero-order valence-corrected chi connectivity index (χ0v) is 21.9. The standard InChI is InChI=1S/C27H28N4O4S/c1-14(2)34-27(32)24-22(13-36-26-20(11-28)16(4)15(3)17(5)31-26)35-25(30)21(12-29)23(24)18-7-9-19(33-6)10-8-18/h7-10,14,23H,13,30H2,1-6H3. The van der Waals surface area contributed by atoms with Gasteiger partial charge < -0.3 is 19.9 Å². The third-order valence-electron chi connectivity index (χ3n) is 5.92. The molecule has 1 aliphatic heterocycles. The van der Waals surface area contributed by atoms with Crippen molar-refractivity contribution in [3.05, 3.63) is 75.0 Å². The van der Waals surface area contributed by atoms with Gasteiger partial charge in [-0.05, 0) is 63.4 Å². The number of esters is 1. The molecule has 1 aromatic carbocycles. The Balaban J connectivity index is 2.13. The van der Waals surface area contributed by atoms with Crippen LogP contribution in [0.5, 0.6) is 5.75 Å². The number of hydrogen-bond donors (Lipinski definition) is 1. The van der Waals surface area contributed by atoms with Crippen LogP contribution in [0.25, 0.3) is 0 Å². The van der Waals surface area contributed by atoms with E-state index in [2.05, 4.69) is 17.1 Å². The average molecular weight is 505 g/mol. The van der Waals surface area contributed by atoms with E-state index in [0.717, 1.165) is 16.8 Å². The number of nitrogens with zero attached hydrogens (tertiary/aromatic N) is 3. The Kier molecular flexibility index (Phi) is 8.29. The van der Waals surface area contributed by atoms with Crippen molar-refractivity contribution in [3.8, 4) is 17.9 Å². The second-order valence-corrected chi connectivity index (χ2v) is 9.48. The van der Waals surface area contributed by atoms with E-state index in [4.69, 9.17) is 19.9 Å². The zero-order chi connectivity index (χ0) is 26.6. The van der Waals surface area contributed by atoms with Crippen LogP contribution in [0.3, 0.4) is 0 Å². The first-order valence-corrected chi connectivity index (χ1v) is 12.3. The van der Waals surface area contributed by atoms with E-state index in [0.29, 0.717) is 21.9 Å². The van der Waals surface area contributed by atoms with Gasteiger partial charge in [0.15, 0.2) is 0 Å². The number of carbonyl (C=O) groups is 1. The van der Waals surface area contributed by atoms with Gasteiger partial charge in [-0.2, -0.15) is 10.5 Å². The maximum absolute atomic E-state index is 13.3. The summed E-state index contributed by atoms with van der Waals surface area (Å²) in [6.45, 7) is 9.18. The number of thioether (sulfide) groups is 1. The number of benzene rings is 1. The molecule has 8 nitrogen and oxygen atoms in total.